The number of ether oxygens (including phenoxy) is 1. The summed E-state index contributed by atoms with van der Waals surface area (Å²) in [4.78, 5) is 28.1. The molecule has 0 aliphatic rings. The molecule has 0 aliphatic heterocycles. The van der Waals surface area contributed by atoms with E-state index in [-0.39, 0.29) is 29.1 Å². The lowest BCUT2D eigenvalue weighted by Gasteiger charge is -2.33. The third-order valence-corrected chi connectivity index (χ3v) is 7.13. The number of rotatable bonds is 12. The molecule has 0 aliphatic carbocycles. The van der Waals surface area contributed by atoms with Crippen LogP contribution in [0.25, 0.3) is 0 Å². The molecule has 0 unspecified atom stereocenters. The lowest BCUT2D eigenvalue weighted by Crippen LogP contribution is -2.52. The van der Waals surface area contributed by atoms with Crippen LogP contribution in [0.2, 0.25) is 10.0 Å². The summed E-state index contributed by atoms with van der Waals surface area (Å²) in [6.07, 6.45) is 1.35. The molecule has 0 fully saturated rings. The van der Waals surface area contributed by atoms with Crippen LogP contribution in [0, 0.1) is 5.92 Å². The first-order valence-electron chi connectivity index (χ1n) is 11.5. The summed E-state index contributed by atoms with van der Waals surface area (Å²) < 4.78 is 31.5. The van der Waals surface area contributed by atoms with Gasteiger partial charge in [-0.15, -0.1) is 0 Å². The van der Waals surface area contributed by atoms with E-state index in [9.17, 15) is 18.0 Å². The van der Waals surface area contributed by atoms with E-state index in [1.807, 2.05) is 13.8 Å². The van der Waals surface area contributed by atoms with Gasteiger partial charge >= 0.3 is 0 Å². The van der Waals surface area contributed by atoms with E-state index in [1.165, 1.54) is 30.2 Å². The first kappa shape index (κ1) is 29.7. The Morgan fingerprint density at radius 2 is 1.72 bits per heavy atom. The predicted octanol–water partition coefficient (Wildman–Crippen LogP) is 4.35. The second-order valence-electron chi connectivity index (χ2n) is 8.80. The lowest BCUT2D eigenvalue weighted by atomic mass is 10.1. The zero-order chi connectivity index (χ0) is 27.0. The molecule has 2 aromatic rings. The average Bonchev–Trinajstić information content (AvgIpc) is 2.81. The Balaban J connectivity index is 2.44. The Morgan fingerprint density at radius 3 is 2.22 bits per heavy atom. The molecule has 11 heteroatoms. The molecule has 0 radical (unpaired) electrons. The standard InChI is InChI=1S/C25H33Cl2N3O5S/c1-6-22(25(32)28-14-17(2)3)29(15-18-7-9-19(26)10-8-18)24(31)16-30(36(5,33)34)20-11-12-23(35-4)21(27)13-20/h7-13,17,22H,6,14-16H2,1-5H3,(H,28,32)/t22-/m1/s1. The fourth-order valence-electron chi connectivity index (χ4n) is 3.55. The zero-order valence-corrected chi connectivity index (χ0v) is 23.5. The van der Waals surface area contributed by atoms with Crippen molar-refractivity contribution in [2.75, 3.05) is 30.8 Å². The summed E-state index contributed by atoms with van der Waals surface area (Å²) in [6, 6.07) is 10.6. The van der Waals surface area contributed by atoms with E-state index in [4.69, 9.17) is 27.9 Å². The molecule has 198 valence electrons. The maximum Gasteiger partial charge on any atom is 0.244 e. The molecular weight excluding hydrogens is 525 g/mol. The fourth-order valence-corrected chi connectivity index (χ4v) is 4.77. The van der Waals surface area contributed by atoms with Crippen LogP contribution in [0.15, 0.2) is 42.5 Å². The van der Waals surface area contributed by atoms with Gasteiger partial charge < -0.3 is 15.0 Å². The highest BCUT2D eigenvalue weighted by Crippen LogP contribution is 2.30. The number of sulfonamides is 1. The van der Waals surface area contributed by atoms with Crippen molar-refractivity contribution < 1.29 is 22.7 Å². The van der Waals surface area contributed by atoms with Gasteiger partial charge in [0.1, 0.15) is 18.3 Å². The maximum absolute atomic E-state index is 13.7. The van der Waals surface area contributed by atoms with Crippen LogP contribution < -0.4 is 14.4 Å². The highest BCUT2D eigenvalue weighted by atomic mass is 35.5. The molecule has 0 heterocycles. The van der Waals surface area contributed by atoms with Gasteiger partial charge in [-0.05, 0) is 48.2 Å². The van der Waals surface area contributed by atoms with Crippen LogP contribution in [0.1, 0.15) is 32.8 Å². The summed E-state index contributed by atoms with van der Waals surface area (Å²) in [5.74, 6) is -0.231. The van der Waals surface area contributed by atoms with Crippen LogP contribution in [0.3, 0.4) is 0 Å². The van der Waals surface area contributed by atoms with Gasteiger partial charge in [0.05, 0.1) is 24.1 Å². The molecular formula is C25H33Cl2N3O5S. The quantitative estimate of drug-likeness (QED) is 0.418. The largest absolute Gasteiger partial charge is 0.495 e. The first-order chi connectivity index (χ1) is 16.9. The monoisotopic (exact) mass is 557 g/mol. The number of carbonyl (C=O) groups excluding carboxylic acids is 2. The summed E-state index contributed by atoms with van der Waals surface area (Å²) in [6.45, 7) is 5.80. The van der Waals surface area contributed by atoms with Gasteiger partial charge in [-0.25, -0.2) is 8.42 Å². The van der Waals surface area contributed by atoms with Crippen molar-refractivity contribution in [1.29, 1.82) is 0 Å². The van der Waals surface area contributed by atoms with Gasteiger partial charge in [-0.1, -0.05) is 56.1 Å². The smallest absolute Gasteiger partial charge is 0.244 e. The Labute approximate surface area is 223 Å². The van der Waals surface area contributed by atoms with Crippen molar-refractivity contribution in [3.05, 3.63) is 58.1 Å². The minimum atomic E-state index is -3.87. The number of hydrogen-bond acceptors (Lipinski definition) is 5. The molecule has 1 N–H and O–H groups in total. The predicted molar refractivity (Wildman–Crippen MR) is 144 cm³/mol. The second-order valence-corrected chi connectivity index (χ2v) is 11.6. The lowest BCUT2D eigenvalue weighted by molar-refractivity contribution is -0.140. The number of nitrogens with zero attached hydrogens (tertiary/aromatic N) is 2. The minimum absolute atomic E-state index is 0.102. The van der Waals surface area contributed by atoms with Crippen molar-refractivity contribution in [2.24, 2.45) is 5.92 Å². The van der Waals surface area contributed by atoms with E-state index in [0.717, 1.165) is 16.1 Å². The summed E-state index contributed by atoms with van der Waals surface area (Å²) >= 11 is 12.2. The number of methoxy groups -OCH3 is 1. The third-order valence-electron chi connectivity index (χ3n) is 5.44. The number of benzene rings is 2. The van der Waals surface area contributed by atoms with Crippen molar-refractivity contribution in [3.8, 4) is 5.75 Å². The zero-order valence-electron chi connectivity index (χ0n) is 21.1. The van der Waals surface area contributed by atoms with Gasteiger partial charge in [0.2, 0.25) is 21.8 Å². The molecule has 0 spiro atoms. The van der Waals surface area contributed by atoms with Crippen molar-refractivity contribution >= 4 is 50.7 Å². The van der Waals surface area contributed by atoms with Gasteiger partial charge in [-0.2, -0.15) is 0 Å². The van der Waals surface area contributed by atoms with Crippen LogP contribution in [0.5, 0.6) is 5.75 Å². The molecule has 36 heavy (non-hydrogen) atoms. The van der Waals surface area contributed by atoms with Gasteiger partial charge in [0.15, 0.2) is 0 Å². The number of halogens is 2. The maximum atomic E-state index is 13.7. The topological polar surface area (TPSA) is 96.0 Å². The van der Waals surface area contributed by atoms with E-state index < -0.39 is 28.5 Å². The van der Waals surface area contributed by atoms with E-state index >= 15 is 0 Å². The SMILES string of the molecule is CC[C@H](C(=O)NCC(C)C)N(Cc1ccc(Cl)cc1)C(=O)CN(c1ccc(OC)c(Cl)c1)S(C)(=O)=O. The van der Waals surface area contributed by atoms with E-state index in [1.54, 1.807) is 31.2 Å². The van der Waals surface area contributed by atoms with Crippen LogP contribution >= 0.6 is 23.2 Å². The molecule has 2 rings (SSSR count). The fraction of sp³-hybridized carbons (Fsp3) is 0.440. The molecule has 1 atom stereocenters. The summed E-state index contributed by atoms with van der Waals surface area (Å²) in [7, 11) is -2.42. The Kier molecular flexibility index (Phi) is 10.9. The number of carbonyl (C=O) groups is 2. The summed E-state index contributed by atoms with van der Waals surface area (Å²) in [5.41, 5.74) is 0.960. The first-order valence-corrected chi connectivity index (χ1v) is 14.1. The van der Waals surface area contributed by atoms with Gasteiger partial charge in [-0.3, -0.25) is 13.9 Å². The normalized spacial score (nSPS) is 12.2. The number of nitrogens with one attached hydrogen (secondary N) is 1. The number of hydrogen-bond donors (Lipinski definition) is 1. The van der Waals surface area contributed by atoms with Crippen molar-refractivity contribution in [3.63, 3.8) is 0 Å². The molecule has 0 saturated carbocycles. The minimum Gasteiger partial charge on any atom is -0.495 e. The molecule has 0 aromatic heterocycles. The summed E-state index contributed by atoms with van der Waals surface area (Å²) in [5, 5.41) is 3.62. The van der Waals surface area contributed by atoms with Crippen LogP contribution in [0.4, 0.5) is 5.69 Å². The molecule has 8 nitrogen and oxygen atoms in total. The molecule has 2 aromatic carbocycles. The van der Waals surface area contributed by atoms with E-state index in [0.29, 0.717) is 23.7 Å². The van der Waals surface area contributed by atoms with Crippen LogP contribution in [-0.4, -0.2) is 57.6 Å². The number of amides is 2. The highest BCUT2D eigenvalue weighted by Gasteiger charge is 2.32. The van der Waals surface area contributed by atoms with Gasteiger partial charge in [0.25, 0.3) is 0 Å². The highest BCUT2D eigenvalue weighted by molar-refractivity contribution is 7.92. The third kappa shape index (κ3) is 8.28. The van der Waals surface area contributed by atoms with Crippen molar-refractivity contribution in [2.45, 2.75) is 39.8 Å². The van der Waals surface area contributed by atoms with Gasteiger partial charge in [0, 0.05) is 18.1 Å². The molecule has 0 bridgehead atoms. The Morgan fingerprint density at radius 1 is 1.08 bits per heavy atom. The van der Waals surface area contributed by atoms with Crippen molar-refractivity contribution in [1.82, 2.24) is 10.2 Å². The van der Waals surface area contributed by atoms with Crippen LogP contribution in [-0.2, 0) is 26.2 Å². The molecule has 0 saturated heterocycles. The van der Waals surface area contributed by atoms with E-state index in [2.05, 4.69) is 5.32 Å². The molecule has 2 amide bonds. The average molecular weight is 559 g/mol. The Bertz CT molecular complexity index is 1160. The number of anilines is 1. The second kappa shape index (κ2) is 13.2. The Hall–Kier alpha value is -2.49.